The summed E-state index contributed by atoms with van der Waals surface area (Å²) in [6, 6.07) is 9.36. The van der Waals surface area contributed by atoms with Crippen LogP contribution in [0, 0.1) is 17.0 Å². The van der Waals surface area contributed by atoms with Gasteiger partial charge in [-0.3, -0.25) is 14.9 Å². The van der Waals surface area contributed by atoms with Crippen LogP contribution in [0.5, 0.6) is 17.2 Å². The number of nitrogens with one attached hydrogen (secondary N) is 1. The van der Waals surface area contributed by atoms with Gasteiger partial charge in [-0.25, -0.2) is 4.98 Å². The molecule has 0 fully saturated rings. The third-order valence-corrected chi connectivity index (χ3v) is 5.69. The Labute approximate surface area is 189 Å². The SMILES string of the molecule is COc1cc(C(=O)NCCc2csc(-c3ccc(C)cc3)n2)c([N+](=O)[O-])c(OC)c1OC. The molecule has 3 rings (SSSR count). The van der Waals surface area contributed by atoms with Gasteiger partial charge in [-0.15, -0.1) is 11.3 Å². The first-order chi connectivity index (χ1) is 15.4. The number of nitrogens with zero attached hydrogens (tertiary/aromatic N) is 2. The normalized spacial score (nSPS) is 10.5. The van der Waals surface area contributed by atoms with Crippen molar-refractivity contribution in [3.63, 3.8) is 0 Å². The molecule has 2 aromatic carbocycles. The van der Waals surface area contributed by atoms with Gasteiger partial charge in [0, 0.05) is 30.0 Å². The van der Waals surface area contributed by atoms with E-state index in [4.69, 9.17) is 14.2 Å². The molecule has 168 valence electrons. The molecule has 0 unspecified atom stereocenters. The number of benzene rings is 2. The van der Waals surface area contributed by atoms with Crippen LogP contribution in [-0.4, -0.2) is 43.7 Å². The lowest BCUT2D eigenvalue weighted by atomic mass is 10.1. The molecule has 1 aromatic heterocycles. The van der Waals surface area contributed by atoms with E-state index in [2.05, 4.69) is 10.3 Å². The third-order valence-electron chi connectivity index (χ3n) is 4.75. The number of rotatable bonds is 9. The number of amides is 1. The third kappa shape index (κ3) is 4.80. The summed E-state index contributed by atoms with van der Waals surface area (Å²) in [5.41, 5.74) is 2.37. The van der Waals surface area contributed by atoms with Crippen molar-refractivity contribution in [2.24, 2.45) is 0 Å². The minimum absolute atomic E-state index is 0.0457. The van der Waals surface area contributed by atoms with Crippen LogP contribution >= 0.6 is 11.3 Å². The fraction of sp³-hybridized carbons (Fsp3) is 0.273. The van der Waals surface area contributed by atoms with E-state index in [9.17, 15) is 14.9 Å². The number of methoxy groups -OCH3 is 3. The Hall–Kier alpha value is -3.66. The van der Waals surface area contributed by atoms with Crippen LogP contribution in [-0.2, 0) is 6.42 Å². The van der Waals surface area contributed by atoms with E-state index in [0.717, 1.165) is 16.3 Å². The van der Waals surface area contributed by atoms with E-state index in [1.807, 2.05) is 36.6 Å². The number of carbonyl (C=O) groups excluding carboxylic acids is 1. The molecule has 0 aliphatic carbocycles. The van der Waals surface area contributed by atoms with Gasteiger partial charge in [0.1, 0.15) is 10.6 Å². The van der Waals surface area contributed by atoms with Crippen molar-refractivity contribution in [3.05, 3.63) is 62.6 Å². The average molecular weight is 458 g/mol. The molecule has 9 nitrogen and oxygen atoms in total. The van der Waals surface area contributed by atoms with Crippen molar-refractivity contribution in [1.29, 1.82) is 0 Å². The number of hydrogen-bond donors (Lipinski definition) is 1. The van der Waals surface area contributed by atoms with E-state index in [1.54, 1.807) is 0 Å². The average Bonchev–Trinajstić information content (AvgIpc) is 3.26. The predicted octanol–water partition coefficient (Wildman–Crippen LogP) is 4.03. The highest BCUT2D eigenvalue weighted by atomic mass is 32.1. The summed E-state index contributed by atoms with van der Waals surface area (Å²) in [4.78, 5) is 28.4. The summed E-state index contributed by atoms with van der Waals surface area (Å²) in [5, 5.41) is 17.2. The lowest BCUT2D eigenvalue weighted by Crippen LogP contribution is -2.26. The molecule has 0 spiro atoms. The Morgan fingerprint density at radius 1 is 1.12 bits per heavy atom. The van der Waals surface area contributed by atoms with Gasteiger partial charge in [-0.1, -0.05) is 29.8 Å². The molecule has 1 heterocycles. The first-order valence-electron chi connectivity index (χ1n) is 9.66. The van der Waals surface area contributed by atoms with Crippen LogP contribution in [0.2, 0.25) is 0 Å². The summed E-state index contributed by atoms with van der Waals surface area (Å²) in [5.74, 6) is -0.596. The highest BCUT2D eigenvalue weighted by Crippen LogP contribution is 2.46. The molecule has 0 radical (unpaired) electrons. The largest absolute Gasteiger partial charge is 0.493 e. The number of nitro benzene ring substituents is 1. The maximum atomic E-state index is 12.8. The number of thiazole rings is 1. The summed E-state index contributed by atoms with van der Waals surface area (Å²) in [6.45, 7) is 2.28. The second kappa shape index (κ2) is 10.1. The molecule has 32 heavy (non-hydrogen) atoms. The van der Waals surface area contributed by atoms with Crippen molar-refractivity contribution in [3.8, 4) is 27.8 Å². The minimum Gasteiger partial charge on any atom is -0.493 e. The number of aryl methyl sites for hydroxylation is 1. The number of aromatic nitrogens is 1. The molecular formula is C22H23N3O6S. The van der Waals surface area contributed by atoms with Gasteiger partial charge in [0.05, 0.1) is 31.9 Å². The number of carbonyl (C=O) groups is 1. The lowest BCUT2D eigenvalue weighted by molar-refractivity contribution is -0.386. The quantitative estimate of drug-likeness (QED) is 0.381. The second-order valence-electron chi connectivity index (χ2n) is 6.81. The molecule has 3 aromatic rings. The molecule has 0 aliphatic rings. The Morgan fingerprint density at radius 3 is 2.41 bits per heavy atom. The number of hydrogen-bond acceptors (Lipinski definition) is 8. The van der Waals surface area contributed by atoms with E-state index < -0.39 is 16.5 Å². The molecule has 0 saturated heterocycles. The highest BCUT2D eigenvalue weighted by molar-refractivity contribution is 7.13. The second-order valence-corrected chi connectivity index (χ2v) is 7.67. The van der Waals surface area contributed by atoms with Crippen LogP contribution < -0.4 is 19.5 Å². The Kier molecular flexibility index (Phi) is 7.26. The van der Waals surface area contributed by atoms with Crippen molar-refractivity contribution >= 4 is 22.9 Å². The summed E-state index contributed by atoms with van der Waals surface area (Å²) >= 11 is 1.52. The highest BCUT2D eigenvalue weighted by Gasteiger charge is 2.32. The summed E-state index contributed by atoms with van der Waals surface area (Å²) in [6.07, 6.45) is 0.478. The van der Waals surface area contributed by atoms with Gasteiger partial charge < -0.3 is 19.5 Å². The van der Waals surface area contributed by atoms with E-state index in [1.165, 1.54) is 44.3 Å². The van der Waals surface area contributed by atoms with Gasteiger partial charge in [-0.05, 0) is 6.92 Å². The van der Waals surface area contributed by atoms with E-state index >= 15 is 0 Å². The maximum Gasteiger partial charge on any atom is 0.327 e. The molecule has 0 bridgehead atoms. The van der Waals surface area contributed by atoms with Crippen LogP contribution in [0.4, 0.5) is 5.69 Å². The predicted molar refractivity (Wildman–Crippen MR) is 121 cm³/mol. The van der Waals surface area contributed by atoms with Crippen molar-refractivity contribution in [2.45, 2.75) is 13.3 Å². The Morgan fingerprint density at radius 2 is 1.81 bits per heavy atom. The maximum absolute atomic E-state index is 12.8. The molecule has 10 heteroatoms. The van der Waals surface area contributed by atoms with Gasteiger partial charge in [-0.2, -0.15) is 0 Å². The summed E-state index contributed by atoms with van der Waals surface area (Å²) in [7, 11) is 3.97. The fourth-order valence-corrected chi connectivity index (χ4v) is 4.01. The Bertz CT molecular complexity index is 1130. The smallest absolute Gasteiger partial charge is 0.327 e. The minimum atomic E-state index is -0.677. The molecule has 1 amide bonds. The monoisotopic (exact) mass is 457 g/mol. The van der Waals surface area contributed by atoms with E-state index in [-0.39, 0.29) is 29.4 Å². The van der Waals surface area contributed by atoms with Crippen LogP contribution in [0.15, 0.2) is 35.7 Å². The van der Waals surface area contributed by atoms with Gasteiger partial charge in [0.15, 0.2) is 5.75 Å². The summed E-state index contributed by atoms with van der Waals surface area (Å²) < 4.78 is 15.5. The number of nitro groups is 1. The molecule has 0 saturated carbocycles. The topological polar surface area (TPSA) is 113 Å². The zero-order chi connectivity index (χ0) is 23.3. The first-order valence-corrected chi connectivity index (χ1v) is 10.5. The molecule has 0 aliphatic heterocycles. The molecule has 1 N–H and O–H groups in total. The van der Waals surface area contributed by atoms with Crippen molar-refractivity contribution in [1.82, 2.24) is 10.3 Å². The zero-order valence-electron chi connectivity index (χ0n) is 18.1. The van der Waals surface area contributed by atoms with Gasteiger partial charge in [0.2, 0.25) is 11.5 Å². The van der Waals surface area contributed by atoms with Crippen LogP contribution in [0.1, 0.15) is 21.6 Å². The fourth-order valence-electron chi connectivity index (χ4n) is 3.15. The standard InChI is InChI=1S/C22H23N3O6S/c1-13-5-7-14(8-6-13)22-24-15(12-32-22)9-10-23-21(26)16-11-17(29-2)19(30-3)20(31-4)18(16)25(27)28/h5-8,11-12H,9-10H2,1-4H3,(H,23,26). The Balaban J connectivity index is 1.75. The first kappa shape index (κ1) is 23.0. The van der Waals surface area contributed by atoms with Crippen molar-refractivity contribution < 1.29 is 23.9 Å². The van der Waals surface area contributed by atoms with Crippen LogP contribution in [0.25, 0.3) is 10.6 Å². The number of ether oxygens (including phenoxy) is 3. The van der Waals surface area contributed by atoms with Crippen molar-refractivity contribution in [2.75, 3.05) is 27.9 Å². The molecule has 0 atom stereocenters. The lowest BCUT2D eigenvalue weighted by Gasteiger charge is -2.14. The van der Waals surface area contributed by atoms with Crippen LogP contribution in [0.3, 0.4) is 0 Å². The van der Waals surface area contributed by atoms with E-state index in [0.29, 0.717) is 6.42 Å². The zero-order valence-corrected chi connectivity index (χ0v) is 18.9. The van der Waals surface area contributed by atoms with Gasteiger partial charge in [0.25, 0.3) is 5.91 Å². The van der Waals surface area contributed by atoms with Gasteiger partial charge >= 0.3 is 5.69 Å². The molecular weight excluding hydrogens is 434 g/mol.